The first-order valence-electron chi connectivity index (χ1n) is 7.92. The zero-order chi connectivity index (χ0) is 18.1. The van der Waals surface area contributed by atoms with Crippen LogP contribution >= 0.6 is 0 Å². The summed E-state index contributed by atoms with van der Waals surface area (Å²) >= 11 is 0. The lowest BCUT2D eigenvalue weighted by molar-refractivity contribution is -0.117. The zero-order valence-corrected chi connectivity index (χ0v) is 14.3. The van der Waals surface area contributed by atoms with E-state index in [0.717, 1.165) is 5.56 Å². The molecule has 0 saturated carbocycles. The van der Waals surface area contributed by atoms with E-state index >= 15 is 0 Å². The maximum absolute atomic E-state index is 12.4. The van der Waals surface area contributed by atoms with Crippen molar-refractivity contribution < 1.29 is 13.2 Å². The number of hydrogen-bond acceptors (Lipinski definition) is 5. The van der Waals surface area contributed by atoms with Gasteiger partial charge in [0.05, 0.1) is 17.4 Å². The lowest BCUT2D eigenvalue weighted by Gasteiger charge is -2.23. The highest BCUT2D eigenvalue weighted by molar-refractivity contribution is 7.92. The number of aromatic nitrogens is 3. The number of benzene rings is 2. The average Bonchev–Trinajstić information content (AvgIpc) is 3.03. The molecular formula is C17H15N5O3S. The van der Waals surface area contributed by atoms with Crippen LogP contribution in [0.1, 0.15) is 18.0 Å². The third-order valence-electron chi connectivity index (χ3n) is 4.02. The molecule has 1 amide bonds. The van der Waals surface area contributed by atoms with Crippen LogP contribution < -0.4 is 10.0 Å². The van der Waals surface area contributed by atoms with Gasteiger partial charge >= 0.3 is 0 Å². The molecule has 0 unspecified atom stereocenters. The van der Waals surface area contributed by atoms with Crippen LogP contribution in [0.5, 0.6) is 0 Å². The van der Waals surface area contributed by atoms with Crippen LogP contribution in [-0.4, -0.2) is 29.1 Å². The van der Waals surface area contributed by atoms with Crippen molar-refractivity contribution >= 4 is 27.8 Å². The Kier molecular flexibility index (Phi) is 3.92. The van der Waals surface area contributed by atoms with Gasteiger partial charge in [-0.15, -0.1) is 5.10 Å². The summed E-state index contributed by atoms with van der Waals surface area (Å²) in [6, 6.07) is 17.0. The molecule has 1 aliphatic heterocycles. The van der Waals surface area contributed by atoms with Gasteiger partial charge in [-0.05, 0) is 17.7 Å². The Labute approximate surface area is 149 Å². The molecule has 0 fully saturated rings. The maximum Gasteiger partial charge on any atom is 0.264 e. The molecule has 9 heteroatoms. The molecular weight excluding hydrogens is 354 g/mol. The molecule has 1 aliphatic rings. The van der Waals surface area contributed by atoms with E-state index in [1.54, 1.807) is 18.2 Å². The molecule has 26 heavy (non-hydrogen) atoms. The number of carbonyl (C=O) groups is 1. The predicted octanol–water partition coefficient (Wildman–Crippen LogP) is 2.01. The number of hydrogen-bond donors (Lipinski definition) is 2. The van der Waals surface area contributed by atoms with Gasteiger partial charge in [-0.25, -0.2) is 17.8 Å². The summed E-state index contributed by atoms with van der Waals surface area (Å²) in [6.07, 6.45) is 0.200. The molecule has 1 aromatic heterocycles. The number of nitrogens with zero attached hydrogens (tertiary/aromatic N) is 3. The molecule has 2 N–H and O–H groups in total. The first-order valence-corrected chi connectivity index (χ1v) is 9.40. The van der Waals surface area contributed by atoms with Crippen molar-refractivity contribution in [2.24, 2.45) is 0 Å². The van der Waals surface area contributed by atoms with E-state index < -0.39 is 10.0 Å². The van der Waals surface area contributed by atoms with Crippen LogP contribution in [0.15, 0.2) is 65.6 Å². The summed E-state index contributed by atoms with van der Waals surface area (Å²) in [6.45, 7) is 0. The van der Waals surface area contributed by atoms with Gasteiger partial charge in [0, 0.05) is 0 Å². The Morgan fingerprint density at radius 3 is 2.38 bits per heavy atom. The number of nitrogens with one attached hydrogen (secondary N) is 2. The highest BCUT2D eigenvalue weighted by Gasteiger charge is 2.30. The fourth-order valence-electron chi connectivity index (χ4n) is 2.82. The third kappa shape index (κ3) is 3.04. The van der Waals surface area contributed by atoms with Crippen molar-refractivity contribution in [3.8, 4) is 0 Å². The highest BCUT2D eigenvalue weighted by Crippen LogP contribution is 2.30. The minimum atomic E-state index is -3.81. The van der Waals surface area contributed by atoms with Gasteiger partial charge in [-0.3, -0.25) is 10.1 Å². The van der Waals surface area contributed by atoms with E-state index in [4.69, 9.17) is 0 Å². The average molecular weight is 369 g/mol. The van der Waals surface area contributed by atoms with Gasteiger partial charge in [0.25, 0.3) is 16.0 Å². The lowest BCUT2D eigenvalue weighted by atomic mass is 10.0. The van der Waals surface area contributed by atoms with Gasteiger partial charge in [0.15, 0.2) is 0 Å². The molecule has 0 saturated heterocycles. The van der Waals surface area contributed by atoms with Crippen LogP contribution in [0.25, 0.3) is 0 Å². The van der Waals surface area contributed by atoms with Gasteiger partial charge in [0.2, 0.25) is 11.9 Å². The number of sulfonamides is 1. The van der Waals surface area contributed by atoms with E-state index in [2.05, 4.69) is 20.1 Å². The largest absolute Gasteiger partial charge is 0.295 e. The van der Waals surface area contributed by atoms with Crippen LogP contribution in [0.3, 0.4) is 0 Å². The van der Waals surface area contributed by atoms with Crippen molar-refractivity contribution in [2.45, 2.75) is 17.4 Å². The van der Waals surface area contributed by atoms with E-state index in [1.807, 2.05) is 30.3 Å². The quantitative estimate of drug-likeness (QED) is 0.732. The Balaban J connectivity index is 1.68. The molecule has 0 bridgehead atoms. The van der Waals surface area contributed by atoms with Crippen molar-refractivity contribution in [2.75, 3.05) is 10.0 Å². The molecule has 3 aromatic rings. The number of carbonyl (C=O) groups excluding carboxylic acids is 1. The molecule has 0 spiro atoms. The summed E-state index contributed by atoms with van der Waals surface area (Å²) in [7, 11) is -3.81. The van der Waals surface area contributed by atoms with Crippen molar-refractivity contribution in [3.63, 3.8) is 0 Å². The number of amides is 1. The van der Waals surface area contributed by atoms with Gasteiger partial charge in [-0.2, -0.15) is 4.98 Å². The molecule has 132 valence electrons. The second-order valence-corrected chi connectivity index (χ2v) is 7.48. The maximum atomic E-state index is 12.4. The SMILES string of the molecule is O=C1C[C@H](c2ccccc2)n2nc(NS(=O)(=O)c3ccccc3)nc2N1. The summed E-state index contributed by atoms with van der Waals surface area (Å²) < 4.78 is 28.8. The standard InChI is InChI=1S/C17H15N5O3S/c23-15-11-14(12-7-3-1-4-8-12)22-17(18-15)19-16(20-22)21-26(24,25)13-9-5-2-6-10-13/h1-10,14H,11H2,(H2,18,19,20,21,23)/t14-/m1/s1. The van der Waals surface area contributed by atoms with Gasteiger partial charge < -0.3 is 0 Å². The number of anilines is 2. The van der Waals surface area contributed by atoms with E-state index in [0.29, 0.717) is 0 Å². The van der Waals surface area contributed by atoms with Crippen LogP contribution in [-0.2, 0) is 14.8 Å². The molecule has 2 heterocycles. The zero-order valence-electron chi connectivity index (χ0n) is 13.5. The number of rotatable bonds is 4. The van der Waals surface area contributed by atoms with Crippen molar-refractivity contribution in [3.05, 3.63) is 66.2 Å². The van der Waals surface area contributed by atoms with Gasteiger partial charge in [-0.1, -0.05) is 48.5 Å². The minimum absolute atomic E-state index is 0.0908. The molecule has 8 nitrogen and oxygen atoms in total. The smallest absolute Gasteiger partial charge is 0.264 e. The second-order valence-electron chi connectivity index (χ2n) is 5.80. The third-order valence-corrected chi connectivity index (χ3v) is 5.36. The fraction of sp³-hybridized carbons (Fsp3) is 0.118. The Bertz CT molecular complexity index is 1050. The molecule has 0 radical (unpaired) electrons. The van der Waals surface area contributed by atoms with Crippen molar-refractivity contribution in [1.29, 1.82) is 0 Å². The fourth-order valence-corrected chi connectivity index (χ4v) is 3.78. The monoisotopic (exact) mass is 369 g/mol. The summed E-state index contributed by atoms with van der Waals surface area (Å²) in [4.78, 5) is 16.2. The van der Waals surface area contributed by atoms with Crippen LogP contribution in [0, 0.1) is 0 Å². The topological polar surface area (TPSA) is 106 Å². The predicted molar refractivity (Wildman–Crippen MR) is 95.1 cm³/mol. The van der Waals surface area contributed by atoms with Crippen molar-refractivity contribution in [1.82, 2.24) is 14.8 Å². The van der Waals surface area contributed by atoms with Gasteiger partial charge in [0.1, 0.15) is 0 Å². The summed E-state index contributed by atoms with van der Waals surface area (Å²) in [5, 5.41) is 6.88. The normalized spacial score (nSPS) is 16.6. The summed E-state index contributed by atoms with van der Waals surface area (Å²) in [5.41, 5.74) is 0.894. The lowest BCUT2D eigenvalue weighted by Crippen LogP contribution is -2.29. The first-order chi connectivity index (χ1) is 12.5. The highest BCUT2D eigenvalue weighted by atomic mass is 32.2. The summed E-state index contributed by atoms with van der Waals surface area (Å²) in [5.74, 6) is -0.0796. The minimum Gasteiger partial charge on any atom is -0.295 e. The Morgan fingerprint density at radius 2 is 1.69 bits per heavy atom. The van der Waals surface area contributed by atoms with Crippen LogP contribution in [0.4, 0.5) is 11.9 Å². The molecule has 2 aromatic carbocycles. The molecule has 4 rings (SSSR count). The molecule has 1 atom stereocenters. The van der Waals surface area contributed by atoms with Crippen LogP contribution in [0.2, 0.25) is 0 Å². The van der Waals surface area contributed by atoms with E-state index in [9.17, 15) is 13.2 Å². The first kappa shape index (κ1) is 16.3. The van der Waals surface area contributed by atoms with E-state index in [-0.39, 0.29) is 35.2 Å². The number of fused-ring (bicyclic) bond motifs is 1. The Morgan fingerprint density at radius 1 is 1.04 bits per heavy atom. The van der Waals surface area contributed by atoms with E-state index in [1.165, 1.54) is 16.8 Å². The molecule has 0 aliphatic carbocycles. The second kappa shape index (κ2) is 6.26. The Hall–Kier alpha value is -3.20.